The fourth-order valence-corrected chi connectivity index (χ4v) is 3.03. The second-order valence-electron chi connectivity index (χ2n) is 6.51. The molecule has 0 aromatic heterocycles. The number of anilines is 1. The topological polar surface area (TPSA) is 55.1 Å². The second kappa shape index (κ2) is 5.24. The van der Waals surface area contributed by atoms with Gasteiger partial charge in [-0.3, -0.25) is 4.79 Å². The van der Waals surface area contributed by atoms with E-state index in [-0.39, 0.29) is 5.91 Å². The first-order chi connectivity index (χ1) is 8.87. The molecule has 1 aromatic carbocycles. The molecule has 104 valence electrons. The van der Waals surface area contributed by atoms with Gasteiger partial charge in [-0.15, -0.1) is 0 Å². The average molecular weight is 260 g/mol. The second-order valence-corrected chi connectivity index (χ2v) is 6.51. The van der Waals surface area contributed by atoms with Gasteiger partial charge in [0.05, 0.1) is 0 Å². The molecule has 3 heteroatoms. The molecule has 0 heterocycles. The summed E-state index contributed by atoms with van der Waals surface area (Å²) in [6.07, 6.45) is 4.59. The highest BCUT2D eigenvalue weighted by molar-refractivity contribution is 5.96. The Morgan fingerprint density at radius 2 is 2.16 bits per heavy atom. The van der Waals surface area contributed by atoms with E-state index < -0.39 is 0 Å². The minimum atomic E-state index is 0.0280. The Balaban J connectivity index is 2.04. The van der Waals surface area contributed by atoms with Crippen molar-refractivity contribution in [3.63, 3.8) is 0 Å². The summed E-state index contributed by atoms with van der Waals surface area (Å²) in [4.78, 5) is 12.3. The summed E-state index contributed by atoms with van der Waals surface area (Å²) >= 11 is 0. The Kier molecular flexibility index (Phi) is 3.83. The van der Waals surface area contributed by atoms with Crippen LogP contribution in [0.25, 0.3) is 0 Å². The van der Waals surface area contributed by atoms with E-state index in [1.165, 1.54) is 12.8 Å². The number of amides is 1. The van der Waals surface area contributed by atoms with Gasteiger partial charge >= 0.3 is 0 Å². The van der Waals surface area contributed by atoms with Crippen LogP contribution in [-0.2, 0) is 0 Å². The third-order valence-corrected chi connectivity index (χ3v) is 4.04. The van der Waals surface area contributed by atoms with E-state index in [4.69, 9.17) is 5.73 Å². The summed E-state index contributed by atoms with van der Waals surface area (Å²) in [5, 5.41) is 3.17. The van der Waals surface area contributed by atoms with E-state index in [0.717, 1.165) is 24.0 Å². The van der Waals surface area contributed by atoms with Gasteiger partial charge in [0.15, 0.2) is 0 Å². The maximum atomic E-state index is 12.3. The number of hydrogen-bond acceptors (Lipinski definition) is 2. The van der Waals surface area contributed by atoms with Crippen LogP contribution in [0.5, 0.6) is 0 Å². The first-order valence-electron chi connectivity index (χ1n) is 7.04. The summed E-state index contributed by atoms with van der Waals surface area (Å²) < 4.78 is 0. The maximum absolute atomic E-state index is 12.3. The number of nitrogens with one attached hydrogen (secondary N) is 1. The molecule has 0 spiro atoms. The molecule has 1 fully saturated rings. The van der Waals surface area contributed by atoms with Crippen molar-refractivity contribution < 1.29 is 4.79 Å². The predicted octanol–water partition coefficient (Wildman–Crippen LogP) is 3.28. The molecule has 0 bridgehead atoms. The van der Waals surface area contributed by atoms with Crippen LogP contribution >= 0.6 is 0 Å². The number of aryl methyl sites for hydroxylation is 1. The Hall–Kier alpha value is -1.51. The van der Waals surface area contributed by atoms with Crippen LogP contribution in [0.1, 0.15) is 55.5 Å². The number of nitrogen functional groups attached to an aromatic ring is 1. The summed E-state index contributed by atoms with van der Waals surface area (Å²) in [5.41, 5.74) is 8.43. The van der Waals surface area contributed by atoms with E-state index in [1.54, 1.807) is 6.07 Å². The van der Waals surface area contributed by atoms with Gasteiger partial charge in [-0.05, 0) is 55.4 Å². The van der Waals surface area contributed by atoms with Crippen molar-refractivity contribution in [2.75, 3.05) is 5.73 Å². The Labute approximate surface area is 115 Å². The first-order valence-corrected chi connectivity index (χ1v) is 7.04. The van der Waals surface area contributed by atoms with Crippen molar-refractivity contribution in [3.8, 4) is 0 Å². The minimum absolute atomic E-state index is 0.0280. The van der Waals surface area contributed by atoms with Gasteiger partial charge < -0.3 is 11.1 Å². The molecule has 19 heavy (non-hydrogen) atoms. The number of carbonyl (C=O) groups is 1. The third kappa shape index (κ3) is 3.49. The van der Waals surface area contributed by atoms with Crippen molar-refractivity contribution in [1.29, 1.82) is 0 Å². The van der Waals surface area contributed by atoms with Crippen LogP contribution < -0.4 is 11.1 Å². The zero-order valence-corrected chi connectivity index (χ0v) is 12.1. The minimum Gasteiger partial charge on any atom is -0.399 e. The zero-order valence-electron chi connectivity index (χ0n) is 12.1. The van der Waals surface area contributed by atoms with E-state index in [2.05, 4.69) is 19.2 Å². The number of rotatable bonds is 2. The van der Waals surface area contributed by atoms with E-state index in [1.807, 2.05) is 19.1 Å². The third-order valence-electron chi connectivity index (χ3n) is 4.04. The van der Waals surface area contributed by atoms with Crippen molar-refractivity contribution in [2.24, 2.45) is 5.41 Å². The average Bonchev–Trinajstić information content (AvgIpc) is 2.27. The van der Waals surface area contributed by atoms with Crippen molar-refractivity contribution >= 4 is 11.6 Å². The van der Waals surface area contributed by atoms with Gasteiger partial charge in [-0.25, -0.2) is 0 Å². The fraction of sp³-hybridized carbons (Fsp3) is 0.562. The lowest BCUT2D eigenvalue weighted by Crippen LogP contribution is -2.40. The van der Waals surface area contributed by atoms with Crippen molar-refractivity contribution in [3.05, 3.63) is 29.3 Å². The molecule has 1 aliphatic rings. The smallest absolute Gasteiger partial charge is 0.251 e. The summed E-state index contributed by atoms with van der Waals surface area (Å²) in [7, 11) is 0. The largest absolute Gasteiger partial charge is 0.399 e. The van der Waals surface area contributed by atoms with Gasteiger partial charge in [-0.1, -0.05) is 20.3 Å². The molecule has 0 radical (unpaired) electrons. The van der Waals surface area contributed by atoms with Gasteiger partial charge in [0.25, 0.3) is 5.91 Å². The van der Waals surface area contributed by atoms with Gasteiger partial charge in [0.1, 0.15) is 0 Å². The van der Waals surface area contributed by atoms with E-state index in [9.17, 15) is 4.79 Å². The lowest BCUT2D eigenvalue weighted by molar-refractivity contribution is 0.0902. The fourth-order valence-electron chi connectivity index (χ4n) is 3.03. The van der Waals surface area contributed by atoms with E-state index >= 15 is 0 Å². The number of benzene rings is 1. The van der Waals surface area contributed by atoms with Crippen LogP contribution in [0.2, 0.25) is 0 Å². The molecule has 0 aliphatic heterocycles. The lowest BCUT2D eigenvalue weighted by Gasteiger charge is -2.35. The molecular weight excluding hydrogens is 236 g/mol. The molecule has 1 aromatic rings. The Bertz CT molecular complexity index is 480. The van der Waals surface area contributed by atoms with Crippen LogP contribution in [-0.4, -0.2) is 11.9 Å². The van der Waals surface area contributed by atoms with Crippen LogP contribution in [0.15, 0.2) is 18.2 Å². The zero-order chi connectivity index (χ0) is 14.0. The van der Waals surface area contributed by atoms with Gasteiger partial charge in [0.2, 0.25) is 0 Å². The standard InChI is InChI=1S/C16H24N2O/c1-11-9-12(17)6-7-14(11)15(19)18-13-5-4-8-16(2,3)10-13/h6-7,9,13H,4-5,8,10,17H2,1-3H3,(H,18,19). The normalized spacial score (nSPS) is 21.9. The van der Waals surface area contributed by atoms with Gasteiger partial charge in [-0.2, -0.15) is 0 Å². The summed E-state index contributed by atoms with van der Waals surface area (Å²) in [6.45, 7) is 6.48. The van der Waals surface area contributed by atoms with E-state index in [0.29, 0.717) is 17.1 Å². The first kappa shape index (κ1) is 13.9. The highest BCUT2D eigenvalue weighted by Gasteiger charge is 2.29. The number of nitrogens with two attached hydrogens (primary N) is 1. The molecule has 0 saturated heterocycles. The summed E-state index contributed by atoms with van der Waals surface area (Å²) in [5.74, 6) is 0.0280. The van der Waals surface area contributed by atoms with Gasteiger partial charge in [0, 0.05) is 17.3 Å². The summed E-state index contributed by atoms with van der Waals surface area (Å²) in [6, 6.07) is 5.74. The molecule has 3 N–H and O–H groups in total. The van der Waals surface area contributed by atoms with Crippen molar-refractivity contribution in [1.82, 2.24) is 5.32 Å². The molecule has 1 atom stereocenters. The number of carbonyl (C=O) groups excluding carboxylic acids is 1. The molecule has 1 aliphatic carbocycles. The maximum Gasteiger partial charge on any atom is 0.251 e. The quantitative estimate of drug-likeness (QED) is 0.802. The Morgan fingerprint density at radius 1 is 1.42 bits per heavy atom. The molecule has 3 nitrogen and oxygen atoms in total. The predicted molar refractivity (Wildman–Crippen MR) is 79.1 cm³/mol. The van der Waals surface area contributed by atoms with Crippen molar-refractivity contribution in [2.45, 2.75) is 52.5 Å². The van der Waals surface area contributed by atoms with Crippen LogP contribution in [0.3, 0.4) is 0 Å². The monoisotopic (exact) mass is 260 g/mol. The van der Waals surface area contributed by atoms with Crippen LogP contribution in [0.4, 0.5) is 5.69 Å². The number of hydrogen-bond donors (Lipinski definition) is 2. The SMILES string of the molecule is Cc1cc(N)ccc1C(=O)NC1CCCC(C)(C)C1. The highest BCUT2D eigenvalue weighted by atomic mass is 16.1. The Morgan fingerprint density at radius 3 is 2.79 bits per heavy atom. The lowest BCUT2D eigenvalue weighted by atomic mass is 9.75. The molecule has 1 saturated carbocycles. The molecule has 1 amide bonds. The molecule has 2 rings (SSSR count). The highest BCUT2D eigenvalue weighted by Crippen LogP contribution is 2.35. The molecule has 1 unspecified atom stereocenters. The molecular formula is C16H24N2O. The van der Waals surface area contributed by atoms with Crippen LogP contribution in [0, 0.1) is 12.3 Å².